The lowest BCUT2D eigenvalue weighted by Gasteiger charge is -2.23. The number of hydrogen-bond donors (Lipinski definition) is 0. The first-order valence-corrected chi connectivity index (χ1v) is 9.06. The summed E-state index contributed by atoms with van der Waals surface area (Å²) in [6, 6.07) is 8.25. The second kappa shape index (κ2) is 8.81. The van der Waals surface area contributed by atoms with Gasteiger partial charge in [-0.25, -0.2) is 4.68 Å². The predicted molar refractivity (Wildman–Crippen MR) is 104 cm³/mol. The van der Waals surface area contributed by atoms with E-state index >= 15 is 0 Å². The lowest BCUT2D eigenvalue weighted by atomic mass is 10.2. The summed E-state index contributed by atoms with van der Waals surface area (Å²) in [5.41, 5.74) is 0.545. The topological polar surface area (TPSA) is 75.5 Å². The molecule has 0 unspecified atom stereocenters. The quantitative estimate of drug-likeness (QED) is 0.757. The Hall–Kier alpha value is -2.67. The third-order valence-electron chi connectivity index (χ3n) is 4.22. The van der Waals surface area contributed by atoms with Gasteiger partial charge in [0, 0.05) is 36.9 Å². The number of hydrogen-bond acceptors (Lipinski definition) is 4. The third kappa shape index (κ3) is 4.74. The molecule has 0 spiro atoms. The molecular weight excluding hydrogens is 368 g/mol. The zero-order chi connectivity index (χ0) is 20.1. The number of carbonyl (C=O) groups is 2. The lowest BCUT2D eigenvalue weighted by Crippen LogP contribution is -2.42. The average Bonchev–Trinajstić information content (AvgIpc) is 2.63. The SMILES string of the molecule is CCN(CC)C(=O)CN(C)C(=O)c1nn(-c2ccc(Cl)cc2)c(C)cc1=O. The van der Waals surface area contributed by atoms with Crippen molar-refractivity contribution < 1.29 is 9.59 Å². The van der Waals surface area contributed by atoms with Crippen molar-refractivity contribution in [2.24, 2.45) is 0 Å². The Morgan fingerprint density at radius 1 is 1.15 bits per heavy atom. The summed E-state index contributed by atoms with van der Waals surface area (Å²) in [5.74, 6) is -0.774. The van der Waals surface area contributed by atoms with E-state index in [2.05, 4.69) is 5.10 Å². The van der Waals surface area contributed by atoms with Crippen LogP contribution in [0.2, 0.25) is 5.02 Å². The number of halogens is 1. The van der Waals surface area contributed by atoms with Gasteiger partial charge in [-0.2, -0.15) is 5.10 Å². The summed E-state index contributed by atoms with van der Waals surface area (Å²) < 4.78 is 1.50. The second-order valence-corrected chi connectivity index (χ2v) is 6.55. The highest BCUT2D eigenvalue weighted by Crippen LogP contribution is 2.14. The zero-order valence-corrected chi connectivity index (χ0v) is 16.7. The van der Waals surface area contributed by atoms with Gasteiger partial charge in [0.1, 0.15) is 0 Å². The van der Waals surface area contributed by atoms with E-state index in [0.717, 1.165) is 0 Å². The summed E-state index contributed by atoms with van der Waals surface area (Å²) in [5, 5.41) is 4.80. The zero-order valence-electron chi connectivity index (χ0n) is 15.9. The Balaban J connectivity index is 2.33. The third-order valence-corrected chi connectivity index (χ3v) is 4.47. The molecule has 0 aliphatic carbocycles. The molecule has 0 radical (unpaired) electrons. The molecule has 1 aromatic heterocycles. The molecule has 8 heteroatoms. The minimum atomic E-state index is -0.594. The Morgan fingerprint density at radius 2 is 1.74 bits per heavy atom. The molecule has 144 valence electrons. The molecule has 0 saturated heterocycles. The first-order valence-electron chi connectivity index (χ1n) is 8.68. The van der Waals surface area contributed by atoms with Crippen molar-refractivity contribution in [3.8, 4) is 5.69 Å². The Morgan fingerprint density at radius 3 is 2.30 bits per heavy atom. The van der Waals surface area contributed by atoms with Crippen LogP contribution in [0, 0.1) is 6.92 Å². The molecule has 0 saturated carbocycles. The highest BCUT2D eigenvalue weighted by atomic mass is 35.5. The molecule has 0 aliphatic heterocycles. The van der Waals surface area contributed by atoms with Crippen LogP contribution in [0.5, 0.6) is 0 Å². The van der Waals surface area contributed by atoms with Gasteiger partial charge in [0.05, 0.1) is 12.2 Å². The predicted octanol–water partition coefficient (Wildman–Crippen LogP) is 2.13. The largest absolute Gasteiger partial charge is 0.342 e. The number of amides is 2. The van der Waals surface area contributed by atoms with Crippen LogP contribution < -0.4 is 5.43 Å². The van der Waals surface area contributed by atoms with Crippen LogP contribution in [-0.4, -0.2) is 58.1 Å². The number of aromatic nitrogens is 2. The van der Waals surface area contributed by atoms with Crippen molar-refractivity contribution in [3.63, 3.8) is 0 Å². The molecule has 0 atom stereocenters. The molecule has 2 amide bonds. The van der Waals surface area contributed by atoms with E-state index in [1.807, 2.05) is 13.8 Å². The number of likely N-dealkylation sites (N-methyl/N-ethyl adjacent to an activating group) is 2. The van der Waals surface area contributed by atoms with Crippen molar-refractivity contribution in [3.05, 3.63) is 57.0 Å². The normalized spacial score (nSPS) is 10.6. The minimum absolute atomic E-state index is 0.115. The van der Waals surface area contributed by atoms with Gasteiger partial charge >= 0.3 is 0 Å². The van der Waals surface area contributed by atoms with Crippen LogP contribution in [0.1, 0.15) is 30.0 Å². The van der Waals surface area contributed by atoms with Crippen LogP contribution in [0.4, 0.5) is 0 Å². The van der Waals surface area contributed by atoms with E-state index in [-0.39, 0.29) is 18.1 Å². The van der Waals surface area contributed by atoms with Gasteiger partial charge in [0.25, 0.3) is 5.91 Å². The van der Waals surface area contributed by atoms with Gasteiger partial charge in [0.15, 0.2) is 5.69 Å². The number of rotatable bonds is 6. The van der Waals surface area contributed by atoms with Gasteiger partial charge in [-0.05, 0) is 45.0 Å². The van der Waals surface area contributed by atoms with E-state index in [9.17, 15) is 14.4 Å². The monoisotopic (exact) mass is 390 g/mol. The van der Waals surface area contributed by atoms with Crippen LogP contribution in [0.3, 0.4) is 0 Å². The molecule has 0 N–H and O–H groups in total. The molecule has 0 bridgehead atoms. The molecule has 27 heavy (non-hydrogen) atoms. The summed E-state index contributed by atoms with van der Waals surface area (Å²) in [7, 11) is 1.48. The first-order chi connectivity index (χ1) is 12.8. The number of aryl methyl sites for hydroxylation is 1. The molecule has 2 aromatic rings. The van der Waals surface area contributed by atoms with Crippen molar-refractivity contribution in [1.29, 1.82) is 0 Å². The minimum Gasteiger partial charge on any atom is -0.342 e. The fourth-order valence-electron chi connectivity index (χ4n) is 2.67. The van der Waals surface area contributed by atoms with Crippen LogP contribution in [0.15, 0.2) is 35.1 Å². The first kappa shape index (κ1) is 20.6. The average molecular weight is 391 g/mol. The maximum atomic E-state index is 12.7. The van der Waals surface area contributed by atoms with E-state index in [0.29, 0.717) is 29.5 Å². The summed E-state index contributed by atoms with van der Waals surface area (Å²) >= 11 is 5.91. The van der Waals surface area contributed by atoms with Crippen molar-refractivity contribution in [2.75, 3.05) is 26.7 Å². The van der Waals surface area contributed by atoms with Crippen molar-refractivity contribution >= 4 is 23.4 Å². The second-order valence-electron chi connectivity index (χ2n) is 6.11. The van der Waals surface area contributed by atoms with Gasteiger partial charge in [-0.1, -0.05) is 11.6 Å². The summed E-state index contributed by atoms with van der Waals surface area (Å²) in [6.07, 6.45) is 0. The highest BCUT2D eigenvalue weighted by molar-refractivity contribution is 6.30. The summed E-state index contributed by atoms with van der Waals surface area (Å²) in [4.78, 5) is 40.1. The maximum Gasteiger partial charge on any atom is 0.278 e. The fraction of sp³-hybridized carbons (Fsp3) is 0.368. The summed E-state index contributed by atoms with van der Waals surface area (Å²) in [6.45, 7) is 6.47. The van der Waals surface area contributed by atoms with Crippen molar-refractivity contribution in [2.45, 2.75) is 20.8 Å². The van der Waals surface area contributed by atoms with E-state index in [4.69, 9.17) is 11.6 Å². The Labute approximate surface area is 163 Å². The van der Waals surface area contributed by atoms with Crippen LogP contribution in [-0.2, 0) is 4.79 Å². The maximum absolute atomic E-state index is 12.7. The molecule has 0 fully saturated rings. The van der Waals surface area contributed by atoms with Gasteiger partial charge in [-0.15, -0.1) is 0 Å². The molecule has 2 rings (SSSR count). The number of nitrogens with zero attached hydrogens (tertiary/aromatic N) is 4. The molecular formula is C19H23ClN4O3. The standard InChI is InChI=1S/C19H23ClN4O3/c1-5-23(6-2)17(26)12-22(4)19(27)18-16(25)11-13(3)24(21-18)15-9-7-14(20)8-10-15/h7-11H,5-6,12H2,1-4H3. The highest BCUT2D eigenvalue weighted by Gasteiger charge is 2.22. The molecule has 7 nitrogen and oxygen atoms in total. The number of carbonyl (C=O) groups excluding carboxylic acids is 2. The van der Waals surface area contributed by atoms with E-state index in [1.165, 1.54) is 22.7 Å². The smallest absolute Gasteiger partial charge is 0.278 e. The van der Waals surface area contributed by atoms with Gasteiger partial charge in [-0.3, -0.25) is 14.4 Å². The van der Waals surface area contributed by atoms with E-state index in [1.54, 1.807) is 36.1 Å². The number of benzene rings is 1. The Kier molecular flexibility index (Phi) is 6.74. The van der Waals surface area contributed by atoms with Crippen LogP contribution >= 0.6 is 11.6 Å². The van der Waals surface area contributed by atoms with Gasteiger partial charge < -0.3 is 9.80 Å². The Bertz CT molecular complexity index is 889. The lowest BCUT2D eigenvalue weighted by molar-refractivity contribution is -0.131. The molecule has 1 heterocycles. The van der Waals surface area contributed by atoms with E-state index < -0.39 is 11.3 Å². The molecule has 1 aromatic carbocycles. The fourth-order valence-corrected chi connectivity index (χ4v) is 2.80. The molecule has 0 aliphatic rings. The van der Waals surface area contributed by atoms with Crippen molar-refractivity contribution in [1.82, 2.24) is 19.6 Å². The van der Waals surface area contributed by atoms with Gasteiger partial charge in [0.2, 0.25) is 11.3 Å². The van der Waals surface area contributed by atoms with Crippen LogP contribution in [0.25, 0.3) is 5.69 Å².